The van der Waals surface area contributed by atoms with Gasteiger partial charge in [0.1, 0.15) is 0 Å². The highest BCUT2D eigenvalue weighted by Crippen LogP contribution is 2.30. The van der Waals surface area contributed by atoms with Crippen molar-refractivity contribution in [3.63, 3.8) is 0 Å². The van der Waals surface area contributed by atoms with Gasteiger partial charge in [-0.1, -0.05) is 0 Å². The molecule has 70 valence electrons. The topological polar surface area (TPSA) is 6.48 Å². The molecule has 1 rings (SSSR count). The molecule has 1 heterocycles. The molecule has 0 saturated carbocycles. The lowest BCUT2D eigenvalue weighted by molar-refractivity contribution is -0.0313. The minimum Gasteiger partial charge on any atom is -0.363 e. The van der Waals surface area contributed by atoms with Crippen LogP contribution in [-0.4, -0.2) is 35.1 Å². The first-order chi connectivity index (χ1) is 5.28. The van der Waals surface area contributed by atoms with Crippen molar-refractivity contribution in [2.75, 3.05) is 14.1 Å². The zero-order valence-corrected chi connectivity index (χ0v) is 9.05. The second kappa shape index (κ2) is 2.49. The van der Waals surface area contributed by atoms with E-state index < -0.39 is 0 Å². The second-order valence-electron chi connectivity index (χ2n) is 4.63. The first-order valence-electron chi connectivity index (χ1n) is 4.45. The molecule has 12 heavy (non-hydrogen) atoms. The third-order valence-corrected chi connectivity index (χ3v) is 3.25. The summed E-state index contributed by atoms with van der Waals surface area (Å²) in [5.41, 5.74) is 0.272. The molecule has 0 saturated heterocycles. The quantitative estimate of drug-likeness (QED) is 0.545. The standard InChI is InChI=1S/C10H20N2/c1-9(2)7-8-11(5)10(3,4)12(9)6/h7-8H,1-6H3. The summed E-state index contributed by atoms with van der Waals surface area (Å²) in [6.07, 6.45) is 4.40. The largest absolute Gasteiger partial charge is 0.363 e. The third kappa shape index (κ3) is 1.24. The monoisotopic (exact) mass is 168 g/mol. The van der Waals surface area contributed by atoms with Crippen molar-refractivity contribution in [2.24, 2.45) is 0 Å². The molecule has 0 fully saturated rings. The Bertz CT molecular complexity index is 204. The summed E-state index contributed by atoms with van der Waals surface area (Å²) in [5, 5.41) is 0. The van der Waals surface area contributed by atoms with E-state index in [1.54, 1.807) is 0 Å². The van der Waals surface area contributed by atoms with E-state index in [0.717, 1.165) is 0 Å². The Morgan fingerprint density at radius 2 is 1.50 bits per heavy atom. The van der Waals surface area contributed by atoms with Gasteiger partial charge in [-0.25, -0.2) is 0 Å². The number of hydrogen-bond acceptors (Lipinski definition) is 2. The zero-order valence-electron chi connectivity index (χ0n) is 9.05. The van der Waals surface area contributed by atoms with Crippen LogP contribution in [0, 0.1) is 0 Å². The Morgan fingerprint density at radius 1 is 1.00 bits per heavy atom. The average molecular weight is 168 g/mol. The SMILES string of the molecule is CN1C=CC(C)(C)N(C)C1(C)C. The Labute approximate surface area is 75.8 Å². The Hall–Kier alpha value is -0.500. The van der Waals surface area contributed by atoms with Gasteiger partial charge in [-0.2, -0.15) is 0 Å². The Balaban J connectivity index is 3.02. The fourth-order valence-corrected chi connectivity index (χ4v) is 1.53. The molecule has 0 radical (unpaired) electrons. The number of likely N-dealkylation sites (N-methyl/N-ethyl adjacent to an activating group) is 1. The van der Waals surface area contributed by atoms with Crippen molar-refractivity contribution < 1.29 is 0 Å². The van der Waals surface area contributed by atoms with Crippen LogP contribution in [0.4, 0.5) is 0 Å². The van der Waals surface area contributed by atoms with Crippen LogP contribution in [0.25, 0.3) is 0 Å². The van der Waals surface area contributed by atoms with Crippen molar-refractivity contribution in [3.8, 4) is 0 Å². The molecule has 0 aromatic heterocycles. The van der Waals surface area contributed by atoms with Gasteiger partial charge in [0.15, 0.2) is 0 Å². The van der Waals surface area contributed by atoms with Crippen molar-refractivity contribution >= 4 is 0 Å². The smallest absolute Gasteiger partial charge is 0.0871 e. The summed E-state index contributed by atoms with van der Waals surface area (Å²) in [7, 11) is 4.28. The van der Waals surface area contributed by atoms with Crippen LogP contribution in [0.5, 0.6) is 0 Å². The molecule has 0 bridgehead atoms. The van der Waals surface area contributed by atoms with Gasteiger partial charge >= 0.3 is 0 Å². The summed E-state index contributed by atoms with van der Waals surface area (Å²) in [6, 6.07) is 0. The molecule has 0 aromatic carbocycles. The van der Waals surface area contributed by atoms with Crippen molar-refractivity contribution in [1.82, 2.24) is 9.80 Å². The van der Waals surface area contributed by atoms with Gasteiger partial charge in [-0.05, 0) is 47.0 Å². The van der Waals surface area contributed by atoms with Gasteiger partial charge in [-0.15, -0.1) is 0 Å². The van der Waals surface area contributed by atoms with Crippen LogP contribution < -0.4 is 0 Å². The summed E-state index contributed by atoms with van der Waals surface area (Å²) in [6.45, 7) is 8.94. The minimum atomic E-state index is 0.109. The Kier molecular flexibility index (Phi) is 1.99. The second-order valence-corrected chi connectivity index (χ2v) is 4.63. The average Bonchev–Trinajstić information content (AvgIpc) is 1.96. The van der Waals surface area contributed by atoms with Gasteiger partial charge < -0.3 is 4.90 Å². The van der Waals surface area contributed by atoms with Crippen molar-refractivity contribution in [1.29, 1.82) is 0 Å². The van der Waals surface area contributed by atoms with Crippen LogP contribution >= 0.6 is 0 Å². The first-order valence-corrected chi connectivity index (χ1v) is 4.45. The van der Waals surface area contributed by atoms with Crippen LogP contribution in [-0.2, 0) is 0 Å². The van der Waals surface area contributed by atoms with E-state index in [2.05, 4.69) is 63.9 Å². The van der Waals surface area contributed by atoms with Gasteiger partial charge in [0.25, 0.3) is 0 Å². The van der Waals surface area contributed by atoms with Crippen LogP contribution in [0.15, 0.2) is 12.3 Å². The minimum absolute atomic E-state index is 0.109. The summed E-state index contributed by atoms with van der Waals surface area (Å²) < 4.78 is 0. The molecule has 1 aliphatic rings. The molecule has 2 heteroatoms. The van der Waals surface area contributed by atoms with Gasteiger partial charge in [0.05, 0.1) is 5.66 Å². The summed E-state index contributed by atoms with van der Waals surface area (Å²) in [5.74, 6) is 0. The molecule has 1 aliphatic heterocycles. The molecule has 0 aromatic rings. The van der Waals surface area contributed by atoms with Crippen molar-refractivity contribution in [2.45, 2.75) is 38.9 Å². The highest BCUT2D eigenvalue weighted by molar-refractivity contribution is 5.10. The van der Waals surface area contributed by atoms with Crippen LogP contribution in [0.3, 0.4) is 0 Å². The molecule has 0 amide bonds. The fraction of sp³-hybridized carbons (Fsp3) is 0.800. The zero-order chi connectivity index (χ0) is 9.57. The molecule has 0 unspecified atom stereocenters. The van der Waals surface area contributed by atoms with E-state index in [4.69, 9.17) is 0 Å². The van der Waals surface area contributed by atoms with Gasteiger partial charge in [-0.3, -0.25) is 4.90 Å². The highest BCUT2D eigenvalue weighted by atomic mass is 15.4. The van der Waals surface area contributed by atoms with Crippen LogP contribution in [0.1, 0.15) is 27.7 Å². The maximum Gasteiger partial charge on any atom is 0.0871 e. The van der Waals surface area contributed by atoms with E-state index in [1.165, 1.54) is 0 Å². The predicted molar refractivity (Wildman–Crippen MR) is 52.8 cm³/mol. The molecule has 2 nitrogen and oxygen atoms in total. The lowest BCUT2D eigenvalue weighted by Crippen LogP contribution is -2.61. The maximum absolute atomic E-state index is 2.38. The van der Waals surface area contributed by atoms with Gasteiger partial charge in [0, 0.05) is 12.6 Å². The molecular weight excluding hydrogens is 148 g/mol. The van der Waals surface area contributed by atoms with E-state index in [0.29, 0.717) is 0 Å². The van der Waals surface area contributed by atoms with Crippen molar-refractivity contribution in [3.05, 3.63) is 12.3 Å². The molecule has 0 aliphatic carbocycles. The number of nitrogens with zero attached hydrogens (tertiary/aromatic N) is 2. The molecule has 0 spiro atoms. The van der Waals surface area contributed by atoms with Crippen LogP contribution in [0.2, 0.25) is 0 Å². The molecular formula is C10H20N2. The van der Waals surface area contributed by atoms with E-state index in [-0.39, 0.29) is 11.2 Å². The summed E-state index contributed by atoms with van der Waals surface area (Å²) in [4.78, 5) is 4.61. The van der Waals surface area contributed by atoms with E-state index in [9.17, 15) is 0 Å². The predicted octanol–water partition coefficient (Wildman–Crippen LogP) is 1.89. The van der Waals surface area contributed by atoms with E-state index >= 15 is 0 Å². The molecule has 0 atom stereocenters. The fourth-order valence-electron chi connectivity index (χ4n) is 1.53. The number of hydrogen-bond donors (Lipinski definition) is 0. The summed E-state index contributed by atoms with van der Waals surface area (Å²) >= 11 is 0. The normalized spacial score (nSPS) is 27.7. The molecule has 0 N–H and O–H groups in total. The highest BCUT2D eigenvalue weighted by Gasteiger charge is 2.38. The maximum atomic E-state index is 2.38. The van der Waals surface area contributed by atoms with Gasteiger partial charge in [0.2, 0.25) is 0 Å². The third-order valence-electron chi connectivity index (χ3n) is 3.25. The lowest BCUT2D eigenvalue weighted by Gasteiger charge is -2.52. The lowest BCUT2D eigenvalue weighted by atomic mass is 9.95. The van der Waals surface area contributed by atoms with E-state index in [1.807, 2.05) is 0 Å². The Morgan fingerprint density at radius 3 is 1.92 bits per heavy atom. The number of rotatable bonds is 0. The first kappa shape index (κ1) is 9.59.